The summed E-state index contributed by atoms with van der Waals surface area (Å²) < 4.78 is 27.4. The summed E-state index contributed by atoms with van der Waals surface area (Å²) in [4.78, 5) is 15.1. The lowest BCUT2D eigenvalue weighted by Gasteiger charge is -2.27. The van der Waals surface area contributed by atoms with E-state index in [1.54, 1.807) is 12.1 Å². The summed E-state index contributed by atoms with van der Waals surface area (Å²) in [6.07, 6.45) is 0. The summed E-state index contributed by atoms with van der Waals surface area (Å²) in [5.74, 6) is -0.456. The fourth-order valence-electron chi connectivity index (χ4n) is 1.88. The predicted molar refractivity (Wildman–Crippen MR) is 90.7 cm³/mol. The highest BCUT2D eigenvalue weighted by Crippen LogP contribution is 2.27. The summed E-state index contributed by atoms with van der Waals surface area (Å²) >= 11 is 0. The highest BCUT2D eigenvalue weighted by Gasteiger charge is 2.30. The number of sulfonamides is 1. The first-order valence-electron chi connectivity index (χ1n) is 7.12. The van der Waals surface area contributed by atoms with Gasteiger partial charge in [-0.25, -0.2) is 8.42 Å². The molecule has 1 unspecified atom stereocenters. The molecule has 6 nitrogen and oxygen atoms in total. The SMILES string of the molecule is CC(C)N(C)c1ccccc1NS(=O)(=O)C(C)C(=O)N(C)C. The minimum Gasteiger partial charge on any atom is -0.370 e. The molecule has 0 aromatic heterocycles. The third-order valence-electron chi connectivity index (χ3n) is 3.56. The minimum absolute atomic E-state index is 0.214. The molecule has 0 spiro atoms. The Labute approximate surface area is 133 Å². The van der Waals surface area contributed by atoms with Crippen molar-refractivity contribution in [2.45, 2.75) is 32.1 Å². The van der Waals surface area contributed by atoms with Crippen molar-refractivity contribution in [3.8, 4) is 0 Å². The molecule has 1 atom stereocenters. The van der Waals surface area contributed by atoms with Crippen molar-refractivity contribution in [3.63, 3.8) is 0 Å². The van der Waals surface area contributed by atoms with Gasteiger partial charge in [0.2, 0.25) is 15.9 Å². The first-order valence-corrected chi connectivity index (χ1v) is 8.67. The van der Waals surface area contributed by atoms with Crippen LogP contribution < -0.4 is 9.62 Å². The van der Waals surface area contributed by atoms with Crippen molar-refractivity contribution in [1.82, 2.24) is 4.90 Å². The summed E-state index contributed by atoms with van der Waals surface area (Å²) in [5.41, 5.74) is 1.24. The molecular formula is C15H25N3O3S. The zero-order valence-electron chi connectivity index (χ0n) is 14.0. The molecule has 0 saturated carbocycles. The Kier molecular flexibility index (Phi) is 5.82. The molecule has 1 amide bonds. The molecule has 124 valence electrons. The highest BCUT2D eigenvalue weighted by molar-refractivity contribution is 7.94. The summed E-state index contributed by atoms with van der Waals surface area (Å²) in [7, 11) is 1.16. The largest absolute Gasteiger partial charge is 0.370 e. The molecule has 1 rings (SSSR count). The number of amides is 1. The second-order valence-electron chi connectivity index (χ2n) is 5.74. The smallest absolute Gasteiger partial charge is 0.244 e. The van der Waals surface area contributed by atoms with E-state index in [1.807, 2.05) is 37.9 Å². The third kappa shape index (κ3) is 4.13. The Balaban J connectivity index is 3.12. The highest BCUT2D eigenvalue weighted by atomic mass is 32.2. The minimum atomic E-state index is -3.81. The van der Waals surface area contributed by atoms with E-state index in [-0.39, 0.29) is 6.04 Å². The van der Waals surface area contributed by atoms with Crippen molar-refractivity contribution in [2.24, 2.45) is 0 Å². The second kappa shape index (κ2) is 7.00. The number of hydrogen-bond acceptors (Lipinski definition) is 4. The zero-order chi connectivity index (χ0) is 17.1. The van der Waals surface area contributed by atoms with Crippen LogP contribution in [0.2, 0.25) is 0 Å². The maximum Gasteiger partial charge on any atom is 0.244 e. The molecule has 7 heteroatoms. The van der Waals surface area contributed by atoms with Crippen molar-refractivity contribution < 1.29 is 13.2 Å². The Morgan fingerprint density at radius 1 is 1.09 bits per heavy atom. The third-order valence-corrected chi connectivity index (χ3v) is 5.20. The van der Waals surface area contributed by atoms with Gasteiger partial charge in [-0.1, -0.05) is 12.1 Å². The van der Waals surface area contributed by atoms with Gasteiger partial charge < -0.3 is 9.80 Å². The Morgan fingerprint density at radius 3 is 2.14 bits per heavy atom. The van der Waals surface area contributed by atoms with Gasteiger partial charge in [-0.05, 0) is 32.9 Å². The number of benzene rings is 1. The second-order valence-corrected chi connectivity index (χ2v) is 7.75. The van der Waals surface area contributed by atoms with Crippen LogP contribution >= 0.6 is 0 Å². The van der Waals surface area contributed by atoms with Gasteiger partial charge in [0.1, 0.15) is 0 Å². The van der Waals surface area contributed by atoms with Crippen LogP contribution in [0, 0.1) is 0 Å². The number of rotatable bonds is 6. The summed E-state index contributed by atoms with van der Waals surface area (Å²) in [5, 5.41) is -1.15. The lowest BCUT2D eigenvalue weighted by Crippen LogP contribution is -2.40. The topological polar surface area (TPSA) is 69.7 Å². The van der Waals surface area contributed by atoms with Crippen LogP contribution in [-0.4, -0.2) is 51.7 Å². The van der Waals surface area contributed by atoms with Gasteiger partial charge >= 0.3 is 0 Å². The molecule has 1 aromatic rings. The molecule has 1 aromatic carbocycles. The summed E-state index contributed by atoms with van der Waals surface area (Å²) in [6, 6.07) is 7.36. The average Bonchev–Trinajstić information content (AvgIpc) is 2.44. The van der Waals surface area contributed by atoms with Crippen molar-refractivity contribution in [1.29, 1.82) is 0 Å². The molecule has 0 fully saturated rings. The Morgan fingerprint density at radius 2 is 1.64 bits per heavy atom. The molecule has 0 aliphatic rings. The predicted octanol–water partition coefficient (Wildman–Crippen LogP) is 1.75. The van der Waals surface area contributed by atoms with Crippen molar-refractivity contribution in [2.75, 3.05) is 30.8 Å². The average molecular weight is 327 g/mol. The lowest BCUT2D eigenvalue weighted by atomic mass is 10.2. The van der Waals surface area contributed by atoms with E-state index in [1.165, 1.54) is 25.9 Å². The maximum atomic E-state index is 12.4. The number of nitrogens with one attached hydrogen (secondary N) is 1. The van der Waals surface area contributed by atoms with Gasteiger partial charge in [0.05, 0.1) is 11.4 Å². The lowest BCUT2D eigenvalue weighted by molar-refractivity contribution is -0.127. The van der Waals surface area contributed by atoms with Crippen LogP contribution in [0.3, 0.4) is 0 Å². The van der Waals surface area contributed by atoms with Crippen LogP contribution in [0.15, 0.2) is 24.3 Å². The van der Waals surface area contributed by atoms with E-state index in [2.05, 4.69) is 4.72 Å². The van der Waals surface area contributed by atoms with Gasteiger partial charge in [-0.2, -0.15) is 0 Å². The van der Waals surface area contributed by atoms with Crippen LogP contribution in [0.5, 0.6) is 0 Å². The quantitative estimate of drug-likeness (QED) is 0.864. The van der Waals surface area contributed by atoms with Gasteiger partial charge in [-0.15, -0.1) is 0 Å². The van der Waals surface area contributed by atoms with Gasteiger partial charge in [0.15, 0.2) is 5.25 Å². The van der Waals surface area contributed by atoms with Crippen LogP contribution in [-0.2, 0) is 14.8 Å². The molecule has 0 aliphatic heterocycles. The molecule has 0 aliphatic carbocycles. The molecule has 0 bridgehead atoms. The molecular weight excluding hydrogens is 302 g/mol. The Hall–Kier alpha value is -1.76. The fraction of sp³-hybridized carbons (Fsp3) is 0.533. The maximum absolute atomic E-state index is 12.4. The van der Waals surface area contributed by atoms with Gasteiger partial charge in [-0.3, -0.25) is 9.52 Å². The van der Waals surface area contributed by atoms with E-state index in [0.29, 0.717) is 5.69 Å². The first-order chi connectivity index (χ1) is 10.1. The first kappa shape index (κ1) is 18.3. The van der Waals surface area contributed by atoms with Crippen LogP contribution in [0.25, 0.3) is 0 Å². The Bertz CT molecular complexity index is 627. The molecule has 0 saturated heterocycles. The molecule has 0 radical (unpaired) electrons. The van der Waals surface area contributed by atoms with Gasteiger partial charge in [0, 0.05) is 27.2 Å². The number of anilines is 2. The van der Waals surface area contributed by atoms with Crippen molar-refractivity contribution >= 4 is 27.3 Å². The normalized spacial score (nSPS) is 12.9. The number of carbonyl (C=O) groups is 1. The van der Waals surface area contributed by atoms with E-state index in [0.717, 1.165) is 5.69 Å². The monoisotopic (exact) mass is 327 g/mol. The van der Waals surface area contributed by atoms with Gasteiger partial charge in [0.25, 0.3) is 0 Å². The number of nitrogens with zero attached hydrogens (tertiary/aromatic N) is 2. The van der Waals surface area contributed by atoms with Crippen LogP contribution in [0.1, 0.15) is 20.8 Å². The van der Waals surface area contributed by atoms with Crippen molar-refractivity contribution in [3.05, 3.63) is 24.3 Å². The fourth-order valence-corrected chi connectivity index (χ4v) is 3.02. The number of hydrogen-bond donors (Lipinski definition) is 1. The molecule has 1 N–H and O–H groups in total. The van der Waals surface area contributed by atoms with Crippen LogP contribution in [0.4, 0.5) is 11.4 Å². The number of carbonyl (C=O) groups excluding carboxylic acids is 1. The van der Waals surface area contributed by atoms with E-state index in [4.69, 9.17) is 0 Å². The van der Waals surface area contributed by atoms with E-state index >= 15 is 0 Å². The number of para-hydroxylation sites is 2. The van der Waals surface area contributed by atoms with E-state index in [9.17, 15) is 13.2 Å². The summed E-state index contributed by atoms with van der Waals surface area (Å²) in [6.45, 7) is 5.42. The van der Waals surface area contributed by atoms with E-state index < -0.39 is 21.2 Å². The standard InChI is InChI=1S/C15H25N3O3S/c1-11(2)18(6)14-10-8-7-9-13(14)16-22(20,21)12(3)15(19)17(4)5/h7-12,16H,1-6H3. The molecule has 22 heavy (non-hydrogen) atoms. The zero-order valence-corrected chi connectivity index (χ0v) is 14.8. The molecule has 0 heterocycles.